The van der Waals surface area contributed by atoms with Gasteiger partial charge in [-0.05, 0) is 48.5 Å². The molecule has 27 heteroatoms. The number of fused-ring (bicyclic) bond motifs is 1. The van der Waals surface area contributed by atoms with Gasteiger partial charge in [-0.1, -0.05) is 103 Å². The molecule has 0 fully saturated rings. The summed E-state index contributed by atoms with van der Waals surface area (Å²) in [6.07, 6.45) is -54.8. The smallest absolute Gasteiger partial charge is 0.206 e. The number of rotatable bonds is 7. The molecule has 428 valence electrons. The molecule has 1 heterocycles. The number of hydrogen-bond donors (Lipinski definition) is 0. The Kier molecular flexibility index (Phi) is 16.0. The van der Waals surface area contributed by atoms with Crippen molar-refractivity contribution in [1.29, 1.82) is 0 Å². The van der Waals surface area contributed by atoms with Gasteiger partial charge in [0.25, 0.3) is 0 Å². The van der Waals surface area contributed by atoms with Crippen molar-refractivity contribution in [3.8, 4) is 11.3 Å². The Hall–Kier alpha value is -7.74. The van der Waals surface area contributed by atoms with Crippen molar-refractivity contribution in [2.75, 3.05) is 0 Å². The number of benzene rings is 7. The molecule has 1 aromatic heterocycles. The molecule has 0 aliphatic carbocycles. The van der Waals surface area contributed by atoms with Crippen molar-refractivity contribution < 1.29 is 114 Å². The van der Waals surface area contributed by atoms with Gasteiger partial charge in [0.05, 0.1) is 50.1 Å². The van der Waals surface area contributed by atoms with E-state index >= 15 is 0 Å². The fourth-order valence-corrected chi connectivity index (χ4v) is 9.17. The maximum Gasteiger partial charge on any atom is 0.416 e. The van der Waals surface area contributed by atoms with Crippen molar-refractivity contribution >= 4 is 38.9 Å². The third-order valence-electron chi connectivity index (χ3n) is 12.7. The lowest BCUT2D eigenvalue weighted by atomic mass is 9.12. The maximum atomic E-state index is 14.4. The second-order valence-corrected chi connectivity index (χ2v) is 18.1. The summed E-state index contributed by atoms with van der Waals surface area (Å²) in [5.74, 6) is -0.199. The first-order chi connectivity index (χ1) is 37.1. The van der Waals surface area contributed by atoms with Crippen LogP contribution in [0.5, 0.6) is 0 Å². The molecule has 0 unspecified atom stereocenters. The highest BCUT2D eigenvalue weighted by molar-refractivity contribution is 7.20. The monoisotopic (exact) mass is 1180 g/mol. The van der Waals surface area contributed by atoms with Crippen LogP contribution in [-0.4, -0.2) is 6.15 Å². The van der Waals surface area contributed by atoms with E-state index in [0.29, 0.717) is 12.1 Å². The lowest BCUT2D eigenvalue weighted by Gasteiger charge is -2.46. The van der Waals surface area contributed by atoms with Crippen molar-refractivity contribution in [2.24, 2.45) is 0 Å². The van der Waals surface area contributed by atoms with Gasteiger partial charge < -0.3 is 0 Å². The van der Waals surface area contributed by atoms with Gasteiger partial charge in [0.1, 0.15) is 12.0 Å². The zero-order valence-electron chi connectivity index (χ0n) is 39.8. The minimum absolute atomic E-state index is 0.199. The second-order valence-electron chi connectivity index (χ2n) is 18.1. The largest absolute Gasteiger partial charge is 0.416 e. The van der Waals surface area contributed by atoms with Crippen LogP contribution in [0.1, 0.15) is 50.1 Å². The van der Waals surface area contributed by atoms with E-state index in [0.717, 1.165) is 16.6 Å². The zero-order chi connectivity index (χ0) is 60.3. The molecule has 0 spiro atoms. The van der Waals surface area contributed by atoms with Crippen LogP contribution in [0.4, 0.5) is 110 Å². The molecular weight excluding hydrogens is 1150 g/mol. The SMILES string of the molecule is FC(F)(F)c1cc([B-](c2cc(C(F)(F)F)cc(C(F)(F)F)c2)(c2cc(C(F)(F)F)cc(C(F)(F)F)c2)c2cc(C(F)(F)F)cc(C(F)(F)F)c2)cc(C(F)(F)F)c1.Fc1ccccc1-c1ccc2ccccc2[n+]1Cc1ccccc1. The summed E-state index contributed by atoms with van der Waals surface area (Å²) >= 11 is 0. The Labute approximate surface area is 439 Å². The molecule has 0 atom stereocenters. The minimum atomic E-state index is -6.13. The maximum absolute atomic E-state index is 14.4. The van der Waals surface area contributed by atoms with Crippen LogP contribution < -0.4 is 26.4 Å². The van der Waals surface area contributed by atoms with Crippen LogP contribution in [0.15, 0.2) is 164 Å². The second kappa shape index (κ2) is 21.3. The normalized spacial score (nSPS) is 13.3. The fourth-order valence-electron chi connectivity index (χ4n) is 9.17. The highest BCUT2D eigenvalue weighted by atomic mass is 19.4. The standard InChI is InChI=1S/C32H12BF24.C22H17FN/c34-25(35,36)13-1-14(26(37,38)39)6-21(5-13)33(22-7-15(27(40,41)42)2-16(8-22)28(43,44)45,23-9-17(29(46,47)48)3-18(10-23)30(49,50)51)24-11-19(31(52,53)54)4-20(12-24)32(55,56)57;23-20-12-6-5-11-19(20)22-15-14-18-10-4-7-13-21(18)24(22)16-17-8-2-1-3-9-17/h1-12H;1-15H,16H2/q-1;+1. The predicted octanol–water partition coefficient (Wildman–Crippen LogP) is 16.2. The van der Waals surface area contributed by atoms with E-state index in [1.807, 2.05) is 48.5 Å². The molecule has 0 N–H and O–H groups in total. The number of hydrogen-bond acceptors (Lipinski definition) is 0. The van der Waals surface area contributed by atoms with E-state index in [-0.39, 0.29) is 5.82 Å². The van der Waals surface area contributed by atoms with E-state index in [9.17, 15) is 110 Å². The molecule has 0 bridgehead atoms. The van der Waals surface area contributed by atoms with Gasteiger partial charge in [-0.2, -0.15) is 132 Å². The number of pyridine rings is 1. The van der Waals surface area contributed by atoms with Gasteiger partial charge in [-0.15, -0.1) is 0 Å². The average Bonchev–Trinajstić information content (AvgIpc) is 3.38. The first-order valence-corrected chi connectivity index (χ1v) is 22.7. The number of halogens is 25. The quantitative estimate of drug-likeness (QED) is 0.0851. The van der Waals surface area contributed by atoms with Crippen LogP contribution in [0.3, 0.4) is 0 Å². The Bertz CT molecular complexity index is 3140. The highest BCUT2D eigenvalue weighted by Gasteiger charge is 2.47. The summed E-state index contributed by atoms with van der Waals surface area (Å²) in [7, 11) is 0. The minimum Gasteiger partial charge on any atom is -0.206 e. The summed E-state index contributed by atoms with van der Waals surface area (Å²) in [5, 5.41) is 1.15. The summed E-state index contributed by atoms with van der Waals surface area (Å²) in [6, 6.07) is 20.7. The van der Waals surface area contributed by atoms with Crippen LogP contribution in [-0.2, 0) is 56.0 Å². The Balaban J connectivity index is 0.000000323. The predicted molar refractivity (Wildman–Crippen MR) is 245 cm³/mol. The van der Waals surface area contributed by atoms with E-state index in [1.54, 1.807) is 6.07 Å². The van der Waals surface area contributed by atoms with E-state index in [2.05, 4.69) is 34.9 Å². The van der Waals surface area contributed by atoms with Crippen LogP contribution in [0.25, 0.3) is 22.2 Å². The molecule has 0 aliphatic heterocycles. The lowest BCUT2D eigenvalue weighted by molar-refractivity contribution is -0.651. The van der Waals surface area contributed by atoms with Gasteiger partial charge >= 0.3 is 49.4 Å². The van der Waals surface area contributed by atoms with Gasteiger partial charge in [-0.25, -0.2) is 4.39 Å². The number of aromatic nitrogens is 1. The molecular formula is C54H29BF25N. The Morgan fingerprint density at radius 2 is 0.580 bits per heavy atom. The molecule has 8 aromatic rings. The molecule has 0 amide bonds. The fraction of sp³-hybridized carbons (Fsp3) is 0.167. The Morgan fingerprint density at radius 1 is 0.296 bits per heavy atom. The summed E-state index contributed by atoms with van der Waals surface area (Å²) in [5.41, 5.74) is -26.4. The topological polar surface area (TPSA) is 3.88 Å². The molecule has 0 aliphatic rings. The van der Waals surface area contributed by atoms with Gasteiger partial charge in [0.2, 0.25) is 11.2 Å². The molecule has 0 saturated heterocycles. The summed E-state index contributed by atoms with van der Waals surface area (Å²) in [6.45, 7) is 0.700. The molecule has 7 aromatic carbocycles. The van der Waals surface area contributed by atoms with Crippen molar-refractivity contribution in [3.63, 3.8) is 0 Å². The summed E-state index contributed by atoms with van der Waals surface area (Å²) in [4.78, 5) is 0. The lowest BCUT2D eigenvalue weighted by Crippen LogP contribution is -2.75. The van der Waals surface area contributed by atoms with Gasteiger partial charge in [-0.3, -0.25) is 0 Å². The van der Waals surface area contributed by atoms with Crippen LogP contribution >= 0.6 is 0 Å². The first kappa shape index (κ1) is 60.9. The molecule has 0 saturated carbocycles. The molecule has 0 radical (unpaired) electrons. The van der Waals surface area contributed by atoms with Crippen molar-refractivity contribution in [2.45, 2.75) is 56.0 Å². The summed E-state index contributed by atoms with van der Waals surface area (Å²) < 4.78 is 357. The van der Waals surface area contributed by atoms with Crippen LogP contribution in [0.2, 0.25) is 0 Å². The van der Waals surface area contributed by atoms with Crippen molar-refractivity contribution in [1.82, 2.24) is 0 Å². The molecule has 81 heavy (non-hydrogen) atoms. The number of para-hydroxylation sites is 1. The third-order valence-corrected chi connectivity index (χ3v) is 12.7. The number of nitrogens with zero attached hydrogens (tertiary/aromatic N) is 1. The van der Waals surface area contributed by atoms with Gasteiger partial charge in [0.15, 0.2) is 6.54 Å². The van der Waals surface area contributed by atoms with E-state index in [4.69, 9.17) is 0 Å². The van der Waals surface area contributed by atoms with E-state index in [1.165, 1.54) is 11.6 Å². The van der Waals surface area contributed by atoms with E-state index < -0.39 is 195 Å². The average molecular weight is 1180 g/mol. The number of alkyl halides is 24. The van der Waals surface area contributed by atoms with Crippen LogP contribution in [0, 0.1) is 5.82 Å². The zero-order valence-corrected chi connectivity index (χ0v) is 39.8. The Morgan fingerprint density at radius 3 is 0.889 bits per heavy atom. The third kappa shape index (κ3) is 13.4. The first-order valence-electron chi connectivity index (χ1n) is 22.7. The molecule has 1 nitrogen and oxygen atoms in total. The van der Waals surface area contributed by atoms with Crippen molar-refractivity contribution in [3.05, 3.63) is 220 Å². The highest BCUT2D eigenvalue weighted by Crippen LogP contribution is 2.42. The van der Waals surface area contributed by atoms with Gasteiger partial charge in [0, 0.05) is 23.1 Å². The molecule has 8 rings (SSSR count).